The molecule has 0 amide bonds. The molecule has 0 saturated heterocycles. The van der Waals surface area contributed by atoms with E-state index < -0.39 is 0 Å². The van der Waals surface area contributed by atoms with Gasteiger partial charge in [-0.15, -0.1) is 0 Å². The summed E-state index contributed by atoms with van der Waals surface area (Å²) >= 11 is 5.96. The van der Waals surface area contributed by atoms with Gasteiger partial charge in [0.05, 0.1) is 23.0 Å². The first kappa shape index (κ1) is 8.15. The Labute approximate surface area is 80.7 Å². The van der Waals surface area contributed by atoms with Gasteiger partial charge in [0.25, 0.3) is 0 Å². The van der Waals surface area contributed by atoms with Crippen molar-refractivity contribution in [3.63, 3.8) is 0 Å². The third-order valence-electron chi connectivity index (χ3n) is 2.02. The molecule has 0 unspecified atom stereocenters. The van der Waals surface area contributed by atoms with Crippen molar-refractivity contribution in [2.45, 2.75) is 6.42 Å². The van der Waals surface area contributed by atoms with E-state index in [1.807, 2.05) is 24.4 Å². The number of para-hydroxylation sites is 1. The number of nitrogens with zero attached hydrogens (tertiary/aromatic N) is 1. The van der Waals surface area contributed by atoms with Crippen molar-refractivity contribution in [2.24, 2.45) is 0 Å². The highest BCUT2D eigenvalue weighted by atomic mass is 35.5. The van der Waals surface area contributed by atoms with Gasteiger partial charge >= 0.3 is 0 Å². The molecule has 0 atom stereocenters. The number of rotatable bonds is 1. The second-order valence-electron chi connectivity index (χ2n) is 2.81. The van der Waals surface area contributed by atoms with Crippen LogP contribution in [-0.4, -0.2) is 4.98 Å². The molecule has 0 bridgehead atoms. The monoisotopic (exact) mass is 190 g/mol. The molecule has 64 valence electrons. The summed E-state index contributed by atoms with van der Waals surface area (Å²) in [7, 11) is 0. The predicted octanol–water partition coefficient (Wildman–Crippen LogP) is 2.89. The van der Waals surface area contributed by atoms with Crippen LogP contribution in [0.4, 0.5) is 0 Å². The first-order valence-electron chi connectivity index (χ1n) is 3.94. The number of nitrogens with one attached hydrogen (secondary N) is 1. The Balaban J connectivity index is 2.70. The maximum absolute atomic E-state index is 8.57. The van der Waals surface area contributed by atoms with Gasteiger partial charge in [0.15, 0.2) is 0 Å². The Morgan fingerprint density at radius 2 is 2.31 bits per heavy atom. The number of halogens is 1. The molecule has 13 heavy (non-hydrogen) atoms. The molecule has 0 saturated carbocycles. The van der Waals surface area contributed by atoms with Gasteiger partial charge in [0, 0.05) is 11.6 Å². The van der Waals surface area contributed by atoms with E-state index >= 15 is 0 Å². The van der Waals surface area contributed by atoms with Gasteiger partial charge in [-0.2, -0.15) is 5.26 Å². The number of aromatic nitrogens is 1. The third kappa shape index (κ3) is 1.28. The van der Waals surface area contributed by atoms with Crippen LogP contribution in [0.5, 0.6) is 0 Å². The van der Waals surface area contributed by atoms with E-state index in [2.05, 4.69) is 11.1 Å². The Kier molecular flexibility index (Phi) is 1.96. The van der Waals surface area contributed by atoms with Crippen LogP contribution in [0.2, 0.25) is 5.02 Å². The average molecular weight is 191 g/mol. The highest BCUT2D eigenvalue weighted by Gasteiger charge is 2.04. The van der Waals surface area contributed by atoms with Crippen LogP contribution in [-0.2, 0) is 6.42 Å². The second kappa shape index (κ2) is 3.12. The van der Waals surface area contributed by atoms with Gasteiger partial charge in [0.2, 0.25) is 0 Å². The normalized spacial score (nSPS) is 10.2. The van der Waals surface area contributed by atoms with E-state index in [1.54, 1.807) is 0 Å². The number of fused-ring (bicyclic) bond motifs is 1. The molecule has 0 fully saturated rings. The Morgan fingerprint density at radius 3 is 3.08 bits per heavy atom. The molecule has 0 aliphatic heterocycles. The number of hydrogen-bond donors (Lipinski definition) is 1. The summed E-state index contributed by atoms with van der Waals surface area (Å²) in [5.74, 6) is 0. The van der Waals surface area contributed by atoms with Crippen molar-refractivity contribution in [2.75, 3.05) is 0 Å². The van der Waals surface area contributed by atoms with Gasteiger partial charge in [0.1, 0.15) is 0 Å². The molecule has 0 aliphatic carbocycles. The minimum Gasteiger partial charge on any atom is -0.360 e. The van der Waals surface area contributed by atoms with Crippen molar-refractivity contribution in [3.05, 3.63) is 35.0 Å². The maximum Gasteiger partial charge on any atom is 0.0670 e. The van der Waals surface area contributed by atoms with Gasteiger partial charge < -0.3 is 4.98 Å². The number of hydrogen-bond acceptors (Lipinski definition) is 1. The lowest BCUT2D eigenvalue weighted by molar-refractivity contribution is 1.28. The SMILES string of the molecule is N#CCc1c[nH]c2c(Cl)cccc12. The van der Waals surface area contributed by atoms with Gasteiger partial charge in [-0.05, 0) is 11.6 Å². The lowest BCUT2D eigenvalue weighted by Gasteiger charge is -1.93. The summed E-state index contributed by atoms with van der Waals surface area (Å²) in [6.07, 6.45) is 2.25. The topological polar surface area (TPSA) is 39.6 Å². The fraction of sp³-hybridized carbons (Fsp3) is 0.100. The van der Waals surface area contributed by atoms with Crippen LogP contribution in [0.15, 0.2) is 24.4 Å². The molecule has 3 heteroatoms. The van der Waals surface area contributed by atoms with Crippen molar-refractivity contribution in [3.8, 4) is 6.07 Å². The van der Waals surface area contributed by atoms with Crippen LogP contribution < -0.4 is 0 Å². The van der Waals surface area contributed by atoms with Crippen molar-refractivity contribution < 1.29 is 0 Å². The zero-order chi connectivity index (χ0) is 9.26. The Morgan fingerprint density at radius 1 is 1.46 bits per heavy atom. The van der Waals surface area contributed by atoms with Crippen LogP contribution >= 0.6 is 11.6 Å². The minimum absolute atomic E-state index is 0.417. The molecule has 1 N–H and O–H groups in total. The smallest absolute Gasteiger partial charge is 0.0670 e. The summed E-state index contributed by atoms with van der Waals surface area (Å²) in [5, 5.41) is 10.3. The summed E-state index contributed by atoms with van der Waals surface area (Å²) in [5.41, 5.74) is 1.91. The highest BCUT2D eigenvalue weighted by molar-refractivity contribution is 6.35. The summed E-state index contributed by atoms with van der Waals surface area (Å²) in [6.45, 7) is 0. The highest BCUT2D eigenvalue weighted by Crippen LogP contribution is 2.25. The average Bonchev–Trinajstić information content (AvgIpc) is 2.51. The first-order valence-corrected chi connectivity index (χ1v) is 4.32. The van der Waals surface area contributed by atoms with E-state index in [0.717, 1.165) is 16.5 Å². The zero-order valence-corrected chi connectivity index (χ0v) is 7.60. The molecule has 1 aromatic carbocycles. The molecule has 0 aliphatic rings. The van der Waals surface area contributed by atoms with E-state index in [9.17, 15) is 0 Å². The fourth-order valence-corrected chi connectivity index (χ4v) is 1.64. The van der Waals surface area contributed by atoms with Gasteiger partial charge in [-0.25, -0.2) is 0 Å². The van der Waals surface area contributed by atoms with Crippen molar-refractivity contribution in [1.29, 1.82) is 5.26 Å². The van der Waals surface area contributed by atoms with E-state index in [1.165, 1.54) is 0 Å². The van der Waals surface area contributed by atoms with E-state index in [-0.39, 0.29) is 0 Å². The van der Waals surface area contributed by atoms with Crippen LogP contribution in [0.1, 0.15) is 5.56 Å². The minimum atomic E-state index is 0.417. The largest absolute Gasteiger partial charge is 0.360 e. The summed E-state index contributed by atoms with van der Waals surface area (Å²) in [6, 6.07) is 7.80. The molecule has 2 nitrogen and oxygen atoms in total. The van der Waals surface area contributed by atoms with Gasteiger partial charge in [-0.1, -0.05) is 23.7 Å². The van der Waals surface area contributed by atoms with Crippen molar-refractivity contribution >= 4 is 22.5 Å². The molecule has 2 rings (SSSR count). The standard InChI is InChI=1S/C10H7ClN2/c11-9-3-1-2-8-7(4-5-12)6-13-10(8)9/h1-3,6,13H,4H2. The number of nitriles is 1. The maximum atomic E-state index is 8.57. The fourth-order valence-electron chi connectivity index (χ4n) is 1.41. The molecule has 0 radical (unpaired) electrons. The van der Waals surface area contributed by atoms with E-state index in [0.29, 0.717) is 11.4 Å². The van der Waals surface area contributed by atoms with Gasteiger partial charge in [-0.3, -0.25) is 0 Å². The lowest BCUT2D eigenvalue weighted by atomic mass is 10.1. The van der Waals surface area contributed by atoms with E-state index in [4.69, 9.17) is 16.9 Å². The zero-order valence-electron chi connectivity index (χ0n) is 6.84. The number of benzene rings is 1. The van der Waals surface area contributed by atoms with Crippen LogP contribution in [0.3, 0.4) is 0 Å². The lowest BCUT2D eigenvalue weighted by Crippen LogP contribution is -1.76. The summed E-state index contributed by atoms with van der Waals surface area (Å²) in [4.78, 5) is 3.06. The van der Waals surface area contributed by atoms with Crippen molar-refractivity contribution in [1.82, 2.24) is 4.98 Å². The molecular formula is C10H7ClN2. The number of H-pyrrole nitrogens is 1. The quantitative estimate of drug-likeness (QED) is 0.738. The first-order chi connectivity index (χ1) is 6.33. The molecule has 0 spiro atoms. The van der Waals surface area contributed by atoms with Crippen LogP contribution in [0.25, 0.3) is 10.9 Å². The molecule has 1 heterocycles. The molecule has 1 aromatic heterocycles. The number of aromatic amines is 1. The van der Waals surface area contributed by atoms with Crippen LogP contribution in [0, 0.1) is 11.3 Å². The second-order valence-corrected chi connectivity index (χ2v) is 3.22. The molecular weight excluding hydrogens is 184 g/mol. The third-order valence-corrected chi connectivity index (χ3v) is 2.33. The summed E-state index contributed by atoms with van der Waals surface area (Å²) < 4.78 is 0. The Hall–Kier alpha value is -1.46. The molecule has 2 aromatic rings. The Bertz CT molecular complexity index is 479. The predicted molar refractivity (Wildman–Crippen MR) is 52.6 cm³/mol.